The Morgan fingerprint density at radius 1 is 1.06 bits per heavy atom. The van der Waals surface area contributed by atoms with E-state index in [0.717, 1.165) is 28.9 Å². The Morgan fingerprint density at radius 2 is 1.86 bits per heavy atom. The molecule has 1 saturated heterocycles. The first-order valence-corrected chi connectivity index (χ1v) is 12.4. The molecule has 3 aromatic rings. The number of anilines is 2. The summed E-state index contributed by atoms with van der Waals surface area (Å²) in [7, 11) is 1.80. The van der Waals surface area contributed by atoms with Crippen LogP contribution in [-0.2, 0) is 16.1 Å². The maximum atomic E-state index is 13.4. The van der Waals surface area contributed by atoms with Gasteiger partial charge in [-0.15, -0.1) is 0 Å². The van der Waals surface area contributed by atoms with E-state index in [1.807, 2.05) is 66.7 Å². The van der Waals surface area contributed by atoms with E-state index in [-0.39, 0.29) is 18.6 Å². The fraction of sp³-hybridized carbons (Fsp3) is 0.321. The van der Waals surface area contributed by atoms with Crippen LogP contribution in [0.15, 0.2) is 72.8 Å². The quantitative estimate of drug-likeness (QED) is 0.565. The highest BCUT2D eigenvalue weighted by Crippen LogP contribution is 2.29. The van der Waals surface area contributed by atoms with Crippen molar-refractivity contribution in [1.82, 2.24) is 14.8 Å². The van der Waals surface area contributed by atoms with Crippen molar-refractivity contribution in [2.75, 3.05) is 37.3 Å². The number of nitrogens with zero attached hydrogens (tertiary/aromatic N) is 3. The van der Waals surface area contributed by atoms with Crippen LogP contribution < -0.4 is 10.6 Å². The molecule has 0 spiro atoms. The molecular weight excluding hydrogens is 454 g/mol. The molecule has 0 radical (unpaired) electrons. The number of fused-ring (bicyclic) bond motifs is 6. The van der Waals surface area contributed by atoms with E-state index in [2.05, 4.69) is 16.7 Å². The van der Waals surface area contributed by atoms with Crippen molar-refractivity contribution >= 4 is 23.5 Å². The SMILES string of the molecule is CN1CCCNc2ccccc2-c2cccc(n2)N[C@H]2C[C@@H](C1=O)N(C(=O)OCc1ccccc1)C2. The number of benzene rings is 2. The van der Waals surface area contributed by atoms with Crippen molar-refractivity contribution in [3.63, 3.8) is 0 Å². The second kappa shape index (κ2) is 10.7. The third-order valence-corrected chi connectivity index (χ3v) is 6.69. The third-order valence-electron chi connectivity index (χ3n) is 6.69. The Morgan fingerprint density at radius 3 is 2.72 bits per heavy atom. The molecule has 0 unspecified atom stereocenters. The molecule has 186 valence electrons. The van der Waals surface area contributed by atoms with Gasteiger partial charge >= 0.3 is 6.09 Å². The molecule has 2 atom stereocenters. The first kappa shape index (κ1) is 23.7. The van der Waals surface area contributed by atoms with Gasteiger partial charge in [0.25, 0.3) is 0 Å². The maximum Gasteiger partial charge on any atom is 0.410 e. The zero-order valence-corrected chi connectivity index (χ0v) is 20.4. The topological polar surface area (TPSA) is 86.8 Å². The van der Waals surface area contributed by atoms with Crippen molar-refractivity contribution in [2.24, 2.45) is 0 Å². The van der Waals surface area contributed by atoms with Gasteiger partial charge in [0.05, 0.1) is 5.69 Å². The number of aromatic nitrogens is 1. The monoisotopic (exact) mass is 485 g/mol. The Kier molecular flexibility index (Phi) is 7.02. The summed E-state index contributed by atoms with van der Waals surface area (Å²) in [6.07, 6.45) is 0.787. The molecule has 1 aromatic heterocycles. The number of amides is 2. The summed E-state index contributed by atoms with van der Waals surface area (Å²) < 4.78 is 5.60. The third kappa shape index (κ3) is 5.27. The molecule has 2 N–H and O–H groups in total. The molecule has 5 rings (SSSR count). The molecular formula is C28H31N5O3. The smallest absolute Gasteiger partial charge is 0.410 e. The molecule has 0 saturated carbocycles. The fourth-order valence-corrected chi connectivity index (χ4v) is 4.82. The molecule has 0 aliphatic carbocycles. The Labute approximate surface area is 211 Å². The summed E-state index contributed by atoms with van der Waals surface area (Å²) in [5.74, 6) is 0.633. The van der Waals surface area contributed by atoms with Gasteiger partial charge in [-0.05, 0) is 36.6 Å². The van der Waals surface area contributed by atoms with Crippen LogP contribution in [0.5, 0.6) is 0 Å². The van der Waals surface area contributed by atoms with Crippen molar-refractivity contribution in [2.45, 2.75) is 31.5 Å². The summed E-state index contributed by atoms with van der Waals surface area (Å²) in [5.41, 5.74) is 3.80. The van der Waals surface area contributed by atoms with Crippen LogP contribution in [0.4, 0.5) is 16.3 Å². The van der Waals surface area contributed by atoms with Gasteiger partial charge in [-0.2, -0.15) is 0 Å². The minimum atomic E-state index is -0.589. The lowest BCUT2D eigenvalue weighted by Crippen LogP contribution is -2.47. The van der Waals surface area contributed by atoms with Gasteiger partial charge in [-0.25, -0.2) is 9.78 Å². The number of carbonyl (C=O) groups excluding carboxylic acids is 2. The molecule has 36 heavy (non-hydrogen) atoms. The first-order valence-electron chi connectivity index (χ1n) is 12.4. The van der Waals surface area contributed by atoms with Gasteiger partial charge in [0.15, 0.2) is 0 Å². The van der Waals surface area contributed by atoms with Gasteiger partial charge in [-0.1, -0.05) is 54.6 Å². The van der Waals surface area contributed by atoms with Crippen LogP contribution in [0.3, 0.4) is 0 Å². The van der Waals surface area contributed by atoms with Gasteiger partial charge in [0.2, 0.25) is 5.91 Å². The number of para-hydroxylation sites is 1. The Bertz CT molecular complexity index is 1220. The lowest BCUT2D eigenvalue weighted by atomic mass is 10.1. The molecule has 2 amide bonds. The molecule has 8 nitrogen and oxygen atoms in total. The largest absolute Gasteiger partial charge is 0.445 e. The minimum Gasteiger partial charge on any atom is -0.445 e. The number of nitrogens with one attached hydrogen (secondary N) is 2. The summed E-state index contributed by atoms with van der Waals surface area (Å²) in [6, 6.07) is 22.8. The molecule has 1 fully saturated rings. The summed E-state index contributed by atoms with van der Waals surface area (Å²) in [6.45, 7) is 1.83. The molecule has 2 aliphatic heterocycles. The zero-order chi connectivity index (χ0) is 24.9. The average Bonchev–Trinajstić information content (AvgIpc) is 3.33. The van der Waals surface area contributed by atoms with Gasteiger partial charge in [0, 0.05) is 44.0 Å². The van der Waals surface area contributed by atoms with E-state index in [1.54, 1.807) is 16.8 Å². The number of ether oxygens (including phenoxy) is 1. The van der Waals surface area contributed by atoms with E-state index in [4.69, 9.17) is 9.72 Å². The van der Waals surface area contributed by atoms with Crippen LogP contribution in [0.1, 0.15) is 18.4 Å². The first-order chi connectivity index (χ1) is 17.6. The van der Waals surface area contributed by atoms with Crippen LogP contribution in [-0.4, -0.2) is 65.5 Å². The predicted octanol–water partition coefficient (Wildman–Crippen LogP) is 4.21. The van der Waals surface area contributed by atoms with Gasteiger partial charge in [-0.3, -0.25) is 9.69 Å². The summed E-state index contributed by atoms with van der Waals surface area (Å²) >= 11 is 0. The molecule has 2 aliphatic rings. The fourth-order valence-electron chi connectivity index (χ4n) is 4.82. The lowest BCUT2D eigenvalue weighted by molar-refractivity contribution is -0.134. The maximum absolute atomic E-state index is 13.4. The van der Waals surface area contributed by atoms with E-state index in [0.29, 0.717) is 31.9 Å². The Balaban J connectivity index is 1.39. The van der Waals surface area contributed by atoms with Crippen LogP contribution >= 0.6 is 0 Å². The minimum absolute atomic E-state index is 0.0760. The van der Waals surface area contributed by atoms with Crippen LogP contribution in [0.2, 0.25) is 0 Å². The van der Waals surface area contributed by atoms with Crippen molar-refractivity contribution in [3.8, 4) is 11.3 Å². The van der Waals surface area contributed by atoms with Crippen molar-refractivity contribution < 1.29 is 14.3 Å². The predicted molar refractivity (Wildman–Crippen MR) is 140 cm³/mol. The second-order valence-corrected chi connectivity index (χ2v) is 9.28. The van der Waals surface area contributed by atoms with E-state index >= 15 is 0 Å². The number of rotatable bonds is 2. The molecule has 2 aromatic carbocycles. The highest BCUT2D eigenvalue weighted by molar-refractivity contribution is 5.86. The number of hydrogen-bond acceptors (Lipinski definition) is 6. The average molecular weight is 486 g/mol. The van der Waals surface area contributed by atoms with E-state index in [1.165, 1.54) is 0 Å². The lowest BCUT2D eigenvalue weighted by Gasteiger charge is -2.27. The van der Waals surface area contributed by atoms with E-state index < -0.39 is 12.1 Å². The number of pyridine rings is 1. The van der Waals surface area contributed by atoms with Crippen molar-refractivity contribution in [3.05, 3.63) is 78.4 Å². The van der Waals surface area contributed by atoms with E-state index in [9.17, 15) is 9.59 Å². The number of likely N-dealkylation sites (tertiary alicyclic amines) is 1. The van der Waals surface area contributed by atoms with Gasteiger partial charge in [0.1, 0.15) is 18.5 Å². The summed E-state index contributed by atoms with van der Waals surface area (Å²) in [4.78, 5) is 34.6. The van der Waals surface area contributed by atoms with Crippen LogP contribution in [0, 0.1) is 0 Å². The zero-order valence-electron chi connectivity index (χ0n) is 20.4. The number of likely N-dealkylation sites (N-methyl/N-ethyl adjacent to an activating group) is 1. The normalized spacial score (nSPS) is 19.9. The molecule has 4 bridgehead atoms. The van der Waals surface area contributed by atoms with Crippen LogP contribution in [0.25, 0.3) is 11.3 Å². The molecule has 3 heterocycles. The highest BCUT2D eigenvalue weighted by Gasteiger charge is 2.41. The van der Waals surface area contributed by atoms with Gasteiger partial charge < -0.3 is 20.3 Å². The van der Waals surface area contributed by atoms with Crippen molar-refractivity contribution in [1.29, 1.82) is 0 Å². The number of hydrogen-bond donors (Lipinski definition) is 2. The number of carbonyl (C=O) groups is 2. The second-order valence-electron chi connectivity index (χ2n) is 9.28. The Hall–Kier alpha value is -4.07. The highest BCUT2D eigenvalue weighted by atomic mass is 16.6. The molecule has 8 heteroatoms. The summed E-state index contributed by atoms with van der Waals surface area (Å²) in [5, 5.41) is 6.94. The standard InChI is InChI=1S/C28H31N5O3/c1-32-16-8-15-29-23-12-6-5-11-22(23)24-13-7-14-26(31-24)30-21-17-25(27(32)34)33(18-21)28(35)36-19-20-9-3-2-4-10-20/h2-7,9-14,21,25,29H,8,15-19H2,1H3,(H,30,31)/t21-,25-/m0/s1.